The second-order valence-electron chi connectivity index (χ2n) is 5.61. The van der Waals surface area contributed by atoms with Gasteiger partial charge in [-0.05, 0) is 55.2 Å². The third-order valence-electron chi connectivity index (χ3n) is 4.02. The maximum atomic E-state index is 12.4. The molecule has 1 atom stereocenters. The van der Waals surface area contributed by atoms with Crippen LogP contribution in [0.4, 0.5) is 5.69 Å². The number of fused-ring (bicyclic) bond motifs is 1. The SMILES string of the molecule is Cc1ccc(NC(=O)[C@H]2COc3ccccc3C2)cc1C. The molecule has 3 nitrogen and oxygen atoms in total. The van der Waals surface area contributed by atoms with E-state index in [9.17, 15) is 4.79 Å². The van der Waals surface area contributed by atoms with E-state index < -0.39 is 0 Å². The Labute approximate surface area is 124 Å². The summed E-state index contributed by atoms with van der Waals surface area (Å²) >= 11 is 0. The van der Waals surface area contributed by atoms with Gasteiger partial charge in [-0.25, -0.2) is 0 Å². The number of nitrogens with one attached hydrogen (secondary N) is 1. The van der Waals surface area contributed by atoms with Crippen LogP contribution in [-0.4, -0.2) is 12.5 Å². The number of carbonyl (C=O) groups is 1. The largest absolute Gasteiger partial charge is 0.492 e. The summed E-state index contributed by atoms with van der Waals surface area (Å²) in [7, 11) is 0. The van der Waals surface area contributed by atoms with Gasteiger partial charge in [0.1, 0.15) is 12.4 Å². The molecule has 0 unspecified atom stereocenters. The van der Waals surface area contributed by atoms with Gasteiger partial charge in [0.15, 0.2) is 0 Å². The van der Waals surface area contributed by atoms with E-state index in [1.807, 2.05) is 49.4 Å². The average molecular weight is 281 g/mol. The highest BCUT2D eigenvalue weighted by Crippen LogP contribution is 2.27. The summed E-state index contributed by atoms with van der Waals surface area (Å²) in [5, 5.41) is 2.99. The predicted molar refractivity (Wildman–Crippen MR) is 83.7 cm³/mol. The number of carbonyl (C=O) groups excluding carboxylic acids is 1. The number of para-hydroxylation sites is 1. The Morgan fingerprint density at radius 3 is 2.76 bits per heavy atom. The summed E-state index contributed by atoms with van der Waals surface area (Å²) in [5.41, 5.74) is 4.35. The van der Waals surface area contributed by atoms with Crippen LogP contribution in [0.3, 0.4) is 0 Å². The molecule has 0 saturated carbocycles. The number of amides is 1. The molecule has 1 aliphatic rings. The topological polar surface area (TPSA) is 38.3 Å². The summed E-state index contributed by atoms with van der Waals surface area (Å²) in [6.07, 6.45) is 0.729. The van der Waals surface area contributed by atoms with E-state index in [0.717, 1.165) is 23.4 Å². The number of ether oxygens (including phenoxy) is 1. The van der Waals surface area contributed by atoms with Crippen molar-refractivity contribution in [3.05, 3.63) is 59.2 Å². The maximum absolute atomic E-state index is 12.4. The molecule has 3 rings (SSSR count). The Kier molecular flexibility index (Phi) is 3.65. The lowest BCUT2D eigenvalue weighted by Crippen LogP contribution is -2.32. The minimum atomic E-state index is -0.137. The van der Waals surface area contributed by atoms with Crippen LogP contribution in [0, 0.1) is 19.8 Å². The van der Waals surface area contributed by atoms with Crippen molar-refractivity contribution in [2.75, 3.05) is 11.9 Å². The summed E-state index contributed by atoms with van der Waals surface area (Å²) < 4.78 is 5.68. The third kappa shape index (κ3) is 2.92. The molecule has 0 radical (unpaired) electrons. The molecule has 0 fully saturated rings. The second-order valence-corrected chi connectivity index (χ2v) is 5.61. The fraction of sp³-hybridized carbons (Fsp3) is 0.278. The van der Waals surface area contributed by atoms with E-state index >= 15 is 0 Å². The Morgan fingerprint density at radius 2 is 1.95 bits per heavy atom. The molecule has 1 N–H and O–H groups in total. The minimum absolute atomic E-state index is 0.0211. The average Bonchev–Trinajstić information content (AvgIpc) is 2.50. The summed E-state index contributed by atoms with van der Waals surface area (Å²) in [5.74, 6) is 0.780. The van der Waals surface area contributed by atoms with E-state index in [2.05, 4.69) is 12.2 Å². The first-order valence-electron chi connectivity index (χ1n) is 7.22. The van der Waals surface area contributed by atoms with Gasteiger partial charge in [-0.2, -0.15) is 0 Å². The van der Waals surface area contributed by atoms with Crippen LogP contribution in [0.5, 0.6) is 5.75 Å². The molecule has 21 heavy (non-hydrogen) atoms. The molecule has 108 valence electrons. The normalized spacial score (nSPS) is 16.8. The van der Waals surface area contributed by atoms with Crippen molar-refractivity contribution in [2.24, 2.45) is 5.92 Å². The summed E-state index contributed by atoms with van der Waals surface area (Å²) in [6, 6.07) is 13.9. The first-order valence-corrected chi connectivity index (χ1v) is 7.22. The zero-order valence-electron chi connectivity index (χ0n) is 12.3. The number of anilines is 1. The summed E-state index contributed by atoms with van der Waals surface area (Å²) in [4.78, 5) is 12.4. The Bertz CT molecular complexity index is 679. The lowest BCUT2D eigenvalue weighted by Gasteiger charge is -2.24. The van der Waals surface area contributed by atoms with Crippen LogP contribution < -0.4 is 10.1 Å². The van der Waals surface area contributed by atoms with Gasteiger partial charge < -0.3 is 10.1 Å². The zero-order valence-corrected chi connectivity index (χ0v) is 12.3. The number of hydrogen-bond acceptors (Lipinski definition) is 2. The number of aryl methyl sites for hydroxylation is 2. The van der Waals surface area contributed by atoms with Gasteiger partial charge in [0.05, 0.1) is 5.92 Å². The number of hydrogen-bond donors (Lipinski definition) is 1. The number of rotatable bonds is 2. The molecule has 0 saturated heterocycles. The van der Waals surface area contributed by atoms with Gasteiger partial charge in [-0.1, -0.05) is 24.3 Å². The van der Waals surface area contributed by atoms with Gasteiger partial charge in [0.2, 0.25) is 5.91 Å². The van der Waals surface area contributed by atoms with Crippen molar-refractivity contribution in [3.8, 4) is 5.75 Å². The highest BCUT2D eigenvalue weighted by atomic mass is 16.5. The summed E-state index contributed by atoms with van der Waals surface area (Å²) in [6.45, 7) is 4.55. The van der Waals surface area contributed by atoms with Crippen LogP contribution >= 0.6 is 0 Å². The first kappa shape index (κ1) is 13.7. The molecule has 1 aliphatic heterocycles. The predicted octanol–water partition coefficient (Wildman–Crippen LogP) is 3.49. The smallest absolute Gasteiger partial charge is 0.231 e. The first-order chi connectivity index (χ1) is 10.1. The monoisotopic (exact) mass is 281 g/mol. The van der Waals surface area contributed by atoms with Gasteiger partial charge in [-0.15, -0.1) is 0 Å². The molecular formula is C18H19NO2. The van der Waals surface area contributed by atoms with Crippen LogP contribution in [0.25, 0.3) is 0 Å². The molecule has 2 aromatic rings. The highest BCUT2D eigenvalue weighted by Gasteiger charge is 2.25. The van der Waals surface area contributed by atoms with Crippen molar-refractivity contribution in [2.45, 2.75) is 20.3 Å². The second kappa shape index (κ2) is 5.60. The van der Waals surface area contributed by atoms with Crippen molar-refractivity contribution in [3.63, 3.8) is 0 Å². The molecular weight excluding hydrogens is 262 g/mol. The van der Waals surface area contributed by atoms with Gasteiger partial charge >= 0.3 is 0 Å². The Balaban J connectivity index is 1.70. The fourth-order valence-corrected chi connectivity index (χ4v) is 2.56. The van der Waals surface area contributed by atoms with Crippen LogP contribution in [0.2, 0.25) is 0 Å². The van der Waals surface area contributed by atoms with Crippen molar-refractivity contribution >= 4 is 11.6 Å². The lowest BCUT2D eigenvalue weighted by molar-refractivity contribution is -0.121. The number of benzene rings is 2. The van der Waals surface area contributed by atoms with Crippen molar-refractivity contribution in [1.82, 2.24) is 0 Å². The van der Waals surface area contributed by atoms with E-state index in [4.69, 9.17) is 4.74 Å². The Hall–Kier alpha value is -2.29. The van der Waals surface area contributed by atoms with Crippen molar-refractivity contribution in [1.29, 1.82) is 0 Å². The van der Waals surface area contributed by atoms with Crippen LogP contribution in [0.15, 0.2) is 42.5 Å². The quantitative estimate of drug-likeness (QED) is 0.915. The zero-order chi connectivity index (χ0) is 14.8. The van der Waals surface area contributed by atoms with Crippen LogP contribution in [-0.2, 0) is 11.2 Å². The minimum Gasteiger partial charge on any atom is -0.492 e. The molecule has 1 amide bonds. The Morgan fingerprint density at radius 1 is 1.14 bits per heavy atom. The molecule has 3 heteroatoms. The van der Waals surface area contributed by atoms with E-state index in [-0.39, 0.29) is 11.8 Å². The van der Waals surface area contributed by atoms with E-state index in [0.29, 0.717) is 6.61 Å². The fourth-order valence-electron chi connectivity index (χ4n) is 2.56. The van der Waals surface area contributed by atoms with Gasteiger partial charge in [0, 0.05) is 5.69 Å². The van der Waals surface area contributed by atoms with Gasteiger partial charge in [0.25, 0.3) is 0 Å². The maximum Gasteiger partial charge on any atom is 0.231 e. The molecule has 0 spiro atoms. The highest BCUT2D eigenvalue weighted by molar-refractivity contribution is 5.93. The standard InChI is InChI=1S/C18H19NO2/c1-12-7-8-16(9-13(12)2)19-18(20)15-10-14-5-3-4-6-17(14)21-11-15/h3-9,15H,10-11H2,1-2H3,(H,19,20)/t15-/m1/s1. The van der Waals surface area contributed by atoms with Gasteiger partial charge in [-0.3, -0.25) is 4.79 Å². The van der Waals surface area contributed by atoms with E-state index in [1.54, 1.807) is 0 Å². The molecule has 0 bridgehead atoms. The molecule has 0 aromatic heterocycles. The molecule has 2 aromatic carbocycles. The molecule has 1 heterocycles. The molecule has 0 aliphatic carbocycles. The third-order valence-corrected chi connectivity index (χ3v) is 4.02. The van der Waals surface area contributed by atoms with E-state index in [1.165, 1.54) is 11.1 Å². The lowest BCUT2D eigenvalue weighted by atomic mass is 9.96. The van der Waals surface area contributed by atoms with Crippen molar-refractivity contribution < 1.29 is 9.53 Å². The van der Waals surface area contributed by atoms with Crippen LogP contribution in [0.1, 0.15) is 16.7 Å².